The largest absolute Gasteiger partial charge is 0.465 e. The first-order valence-electron chi connectivity index (χ1n) is 6.89. The van der Waals surface area contributed by atoms with Gasteiger partial charge in [-0.2, -0.15) is 0 Å². The van der Waals surface area contributed by atoms with Crippen LogP contribution in [0.15, 0.2) is 53.0 Å². The van der Waals surface area contributed by atoms with Crippen molar-refractivity contribution in [1.29, 1.82) is 0 Å². The molecule has 1 aliphatic carbocycles. The molecule has 0 heterocycles. The molecule has 0 aliphatic heterocycles. The lowest BCUT2D eigenvalue weighted by atomic mass is 9.77. The van der Waals surface area contributed by atoms with E-state index in [2.05, 4.69) is 45.5 Å². The molecular formula is C17H16BrNO2. The van der Waals surface area contributed by atoms with Gasteiger partial charge in [0.1, 0.15) is 0 Å². The Bertz CT molecular complexity index is 659. The fourth-order valence-corrected chi connectivity index (χ4v) is 3.59. The van der Waals surface area contributed by atoms with Crippen LogP contribution < -0.4 is 5.32 Å². The molecular weight excluding hydrogens is 330 g/mol. The molecule has 0 bridgehead atoms. The van der Waals surface area contributed by atoms with Gasteiger partial charge in [0.15, 0.2) is 0 Å². The second-order valence-corrected chi connectivity index (χ2v) is 6.49. The second kappa shape index (κ2) is 5.53. The lowest BCUT2D eigenvalue weighted by Gasteiger charge is -2.29. The van der Waals surface area contributed by atoms with Gasteiger partial charge < -0.3 is 10.4 Å². The highest BCUT2D eigenvalue weighted by molar-refractivity contribution is 9.10. The van der Waals surface area contributed by atoms with Crippen molar-refractivity contribution in [2.75, 3.05) is 6.54 Å². The van der Waals surface area contributed by atoms with Gasteiger partial charge in [0.05, 0.1) is 0 Å². The van der Waals surface area contributed by atoms with Crippen LogP contribution in [0, 0.1) is 0 Å². The first-order valence-corrected chi connectivity index (χ1v) is 7.68. The summed E-state index contributed by atoms with van der Waals surface area (Å²) in [6, 6.07) is 16.5. The summed E-state index contributed by atoms with van der Waals surface area (Å²) in [5.41, 5.74) is 3.59. The first kappa shape index (κ1) is 14.1. The van der Waals surface area contributed by atoms with Crippen molar-refractivity contribution >= 4 is 22.0 Å². The third kappa shape index (κ3) is 2.81. The molecule has 0 saturated heterocycles. The maximum absolute atomic E-state index is 10.9. The Hall–Kier alpha value is -1.81. The summed E-state index contributed by atoms with van der Waals surface area (Å²) < 4.78 is 1.02. The third-order valence-corrected chi connectivity index (χ3v) is 4.68. The van der Waals surface area contributed by atoms with E-state index >= 15 is 0 Å². The van der Waals surface area contributed by atoms with E-state index < -0.39 is 6.09 Å². The van der Waals surface area contributed by atoms with Crippen molar-refractivity contribution in [3.8, 4) is 0 Å². The van der Waals surface area contributed by atoms with Gasteiger partial charge in [0.2, 0.25) is 0 Å². The number of hydrogen-bond donors (Lipinski definition) is 2. The molecule has 2 N–H and O–H groups in total. The van der Waals surface area contributed by atoms with Crippen LogP contribution in [-0.4, -0.2) is 17.7 Å². The van der Waals surface area contributed by atoms with Crippen molar-refractivity contribution in [1.82, 2.24) is 5.32 Å². The van der Waals surface area contributed by atoms with E-state index in [4.69, 9.17) is 5.11 Å². The Morgan fingerprint density at radius 1 is 1.14 bits per heavy atom. The molecule has 0 radical (unpaired) electrons. The van der Waals surface area contributed by atoms with E-state index in [1.807, 2.05) is 24.3 Å². The summed E-state index contributed by atoms with van der Waals surface area (Å²) in [4.78, 5) is 10.9. The van der Waals surface area contributed by atoms with E-state index in [-0.39, 0.29) is 5.41 Å². The molecule has 21 heavy (non-hydrogen) atoms. The first-order chi connectivity index (χ1) is 10.1. The molecule has 2 aromatic carbocycles. The molecule has 108 valence electrons. The van der Waals surface area contributed by atoms with Crippen LogP contribution in [0.3, 0.4) is 0 Å². The summed E-state index contributed by atoms with van der Waals surface area (Å²) >= 11 is 3.51. The third-order valence-electron chi connectivity index (χ3n) is 4.19. The zero-order chi connectivity index (χ0) is 14.9. The maximum Gasteiger partial charge on any atom is 0.404 e. The summed E-state index contributed by atoms with van der Waals surface area (Å²) in [6.45, 7) is 0.424. The Labute approximate surface area is 132 Å². The molecule has 2 aromatic rings. The predicted molar refractivity (Wildman–Crippen MR) is 85.7 cm³/mol. The second-order valence-electron chi connectivity index (χ2n) is 5.57. The minimum atomic E-state index is -0.972. The monoisotopic (exact) mass is 345 g/mol. The predicted octanol–water partition coefficient (Wildman–Crippen LogP) is 3.75. The van der Waals surface area contributed by atoms with Gasteiger partial charge in [-0.15, -0.1) is 0 Å². The minimum Gasteiger partial charge on any atom is -0.465 e. The highest BCUT2D eigenvalue weighted by Crippen LogP contribution is 2.40. The summed E-state index contributed by atoms with van der Waals surface area (Å²) in [5, 5.41) is 11.6. The van der Waals surface area contributed by atoms with Crippen LogP contribution in [0.5, 0.6) is 0 Å². The van der Waals surface area contributed by atoms with Crippen LogP contribution in [-0.2, 0) is 18.3 Å². The molecule has 3 rings (SSSR count). The quantitative estimate of drug-likeness (QED) is 0.889. The van der Waals surface area contributed by atoms with Gasteiger partial charge in [-0.25, -0.2) is 4.79 Å². The lowest BCUT2D eigenvalue weighted by Crippen LogP contribution is -2.41. The number of halogens is 1. The van der Waals surface area contributed by atoms with Crippen molar-refractivity contribution in [3.05, 3.63) is 69.7 Å². The van der Waals surface area contributed by atoms with Crippen molar-refractivity contribution in [3.63, 3.8) is 0 Å². The van der Waals surface area contributed by atoms with E-state index in [1.54, 1.807) is 0 Å². The fourth-order valence-electron chi connectivity index (χ4n) is 3.19. The van der Waals surface area contributed by atoms with Gasteiger partial charge in [0.25, 0.3) is 0 Å². The van der Waals surface area contributed by atoms with E-state index in [9.17, 15) is 4.79 Å². The zero-order valence-electron chi connectivity index (χ0n) is 11.5. The summed E-state index contributed by atoms with van der Waals surface area (Å²) in [5.74, 6) is 0. The molecule has 0 unspecified atom stereocenters. The number of carboxylic acid groups (broad SMARTS) is 1. The number of nitrogens with one attached hydrogen (secondary N) is 1. The lowest BCUT2D eigenvalue weighted by molar-refractivity contribution is 0.191. The van der Waals surface area contributed by atoms with E-state index in [0.29, 0.717) is 6.54 Å². The summed E-state index contributed by atoms with van der Waals surface area (Å²) in [7, 11) is 0. The van der Waals surface area contributed by atoms with Crippen LogP contribution in [0.2, 0.25) is 0 Å². The molecule has 0 atom stereocenters. The molecule has 3 nitrogen and oxygen atoms in total. The number of carbonyl (C=O) groups is 1. The van der Waals surface area contributed by atoms with Crippen LogP contribution in [0.1, 0.15) is 16.7 Å². The molecule has 0 spiro atoms. The summed E-state index contributed by atoms with van der Waals surface area (Å²) in [6.07, 6.45) is 0.750. The zero-order valence-corrected chi connectivity index (χ0v) is 13.1. The van der Waals surface area contributed by atoms with Crippen molar-refractivity contribution in [2.24, 2.45) is 0 Å². The smallest absolute Gasteiger partial charge is 0.404 e. The van der Waals surface area contributed by atoms with Crippen molar-refractivity contribution < 1.29 is 9.90 Å². The molecule has 4 heteroatoms. The fraction of sp³-hybridized carbons (Fsp3) is 0.235. The Kier molecular flexibility index (Phi) is 3.72. The van der Waals surface area contributed by atoms with E-state index in [0.717, 1.165) is 17.3 Å². The Morgan fingerprint density at radius 3 is 2.38 bits per heavy atom. The number of fused-ring (bicyclic) bond motifs is 1. The van der Waals surface area contributed by atoms with Gasteiger partial charge in [0, 0.05) is 16.4 Å². The van der Waals surface area contributed by atoms with E-state index in [1.165, 1.54) is 16.7 Å². The number of benzene rings is 2. The number of rotatable bonds is 3. The average Bonchev–Trinajstić information content (AvgIpc) is 2.85. The molecule has 1 amide bonds. The SMILES string of the molecule is O=C(O)NCC1(c2cccc(Br)c2)Cc2ccccc2C1. The molecule has 1 aliphatic rings. The van der Waals surface area contributed by atoms with Crippen LogP contribution in [0.4, 0.5) is 4.79 Å². The number of amides is 1. The number of hydrogen-bond acceptors (Lipinski definition) is 1. The average molecular weight is 346 g/mol. The Balaban J connectivity index is 2.00. The minimum absolute atomic E-state index is 0.203. The molecule has 0 aromatic heterocycles. The molecule has 0 saturated carbocycles. The van der Waals surface area contributed by atoms with Gasteiger partial charge in [-0.1, -0.05) is 52.3 Å². The van der Waals surface area contributed by atoms with Crippen LogP contribution in [0.25, 0.3) is 0 Å². The normalized spacial score (nSPS) is 15.5. The highest BCUT2D eigenvalue weighted by Gasteiger charge is 2.39. The molecule has 0 fully saturated rings. The van der Waals surface area contributed by atoms with Gasteiger partial charge in [-0.3, -0.25) is 0 Å². The topological polar surface area (TPSA) is 49.3 Å². The maximum atomic E-state index is 10.9. The van der Waals surface area contributed by atoms with Crippen molar-refractivity contribution in [2.45, 2.75) is 18.3 Å². The van der Waals surface area contributed by atoms with Gasteiger partial charge in [-0.05, 0) is 41.7 Å². The standard InChI is InChI=1S/C17H16BrNO2/c18-15-7-3-6-14(8-15)17(11-19-16(20)21)9-12-4-1-2-5-13(12)10-17/h1-8,19H,9-11H2,(H,20,21). The Morgan fingerprint density at radius 2 is 1.81 bits per heavy atom. The highest BCUT2D eigenvalue weighted by atomic mass is 79.9. The van der Waals surface area contributed by atoms with Gasteiger partial charge >= 0.3 is 6.09 Å². The van der Waals surface area contributed by atoms with Crippen LogP contribution >= 0.6 is 15.9 Å².